The molecule has 2 aromatic carbocycles. The van der Waals surface area contributed by atoms with E-state index in [1.54, 1.807) is 36.4 Å². The number of barbiturate groups is 1. The number of methoxy groups -OCH3 is 1. The monoisotopic (exact) mass is 392 g/mol. The molecule has 0 atom stereocenters. The summed E-state index contributed by atoms with van der Waals surface area (Å²) in [6.45, 7) is 3.69. The van der Waals surface area contributed by atoms with Crippen LogP contribution in [0.15, 0.2) is 60.7 Å². The molecule has 0 spiro atoms. The van der Waals surface area contributed by atoms with Gasteiger partial charge in [-0.25, -0.2) is 4.79 Å². The smallest absolute Gasteiger partial charge is 0.331 e. The van der Waals surface area contributed by atoms with Crippen LogP contribution in [-0.2, 0) is 22.6 Å². The number of carbonyl (C=O) groups excluding carboxylic acids is 3. The van der Waals surface area contributed by atoms with Crippen molar-refractivity contribution in [3.63, 3.8) is 0 Å². The van der Waals surface area contributed by atoms with E-state index in [0.29, 0.717) is 17.5 Å². The maximum absolute atomic E-state index is 12.9. The minimum atomic E-state index is -0.776. The molecule has 3 rings (SSSR count). The first-order valence-corrected chi connectivity index (χ1v) is 8.88. The number of rotatable bonds is 6. The summed E-state index contributed by atoms with van der Waals surface area (Å²) in [6.07, 6.45) is 3.36. The Balaban J connectivity index is 1.98. The van der Waals surface area contributed by atoms with Crippen molar-refractivity contribution in [3.8, 4) is 11.5 Å². The number of benzene rings is 2. The van der Waals surface area contributed by atoms with Crippen LogP contribution < -0.4 is 10.1 Å². The molecule has 1 heterocycles. The molecule has 7 nitrogen and oxygen atoms in total. The van der Waals surface area contributed by atoms with Crippen molar-refractivity contribution in [1.29, 1.82) is 0 Å². The van der Waals surface area contributed by atoms with E-state index in [9.17, 15) is 19.5 Å². The van der Waals surface area contributed by atoms with Gasteiger partial charge >= 0.3 is 6.03 Å². The van der Waals surface area contributed by atoms with Gasteiger partial charge < -0.3 is 9.84 Å². The summed E-state index contributed by atoms with van der Waals surface area (Å²) >= 11 is 0. The van der Waals surface area contributed by atoms with Gasteiger partial charge in [-0.15, -0.1) is 6.58 Å². The van der Waals surface area contributed by atoms with Crippen molar-refractivity contribution in [2.45, 2.75) is 13.0 Å². The summed E-state index contributed by atoms with van der Waals surface area (Å²) in [6, 6.07) is 11.4. The van der Waals surface area contributed by atoms with Gasteiger partial charge in [-0.1, -0.05) is 36.4 Å². The van der Waals surface area contributed by atoms with Crippen molar-refractivity contribution in [1.82, 2.24) is 10.2 Å². The molecule has 0 radical (unpaired) electrons. The number of aromatic hydroxyl groups is 1. The number of imide groups is 2. The Morgan fingerprint density at radius 2 is 1.90 bits per heavy atom. The standard InChI is InChI=1S/C22H20N2O5/c1-3-7-16-10-15(12-18(29-2)19(16)25)11-17-20(26)23-22(28)24(21(17)27)13-14-8-5-4-6-9-14/h3-6,8-12,25H,1,7,13H2,2H3,(H,23,26,28). The van der Waals surface area contributed by atoms with E-state index in [1.807, 2.05) is 6.07 Å². The molecule has 1 saturated heterocycles. The summed E-state index contributed by atoms with van der Waals surface area (Å²) in [4.78, 5) is 38.3. The molecule has 0 saturated carbocycles. The first-order chi connectivity index (χ1) is 13.9. The van der Waals surface area contributed by atoms with Crippen LogP contribution in [0.1, 0.15) is 16.7 Å². The third-order valence-corrected chi connectivity index (χ3v) is 4.44. The minimum Gasteiger partial charge on any atom is -0.504 e. The van der Waals surface area contributed by atoms with E-state index < -0.39 is 17.8 Å². The normalized spacial score (nSPS) is 15.4. The molecule has 0 bridgehead atoms. The number of phenols is 1. The van der Waals surface area contributed by atoms with Crippen LogP contribution in [0.2, 0.25) is 0 Å². The molecule has 0 unspecified atom stereocenters. The highest BCUT2D eigenvalue weighted by Gasteiger charge is 2.35. The number of ether oxygens (including phenoxy) is 1. The largest absolute Gasteiger partial charge is 0.504 e. The second kappa shape index (κ2) is 8.43. The molecular weight excluding hydrogens is 372 g/mol. The van der Waals surface area contributed by atoms with Crippen molar-refractivity contribution in [2.24, 2.45) is 0 Å². The van der Waals surface area contributed by atoms with Gasteiger partial charge in [0.1, 0.15) is 5.57 Å². The highest BCUT2D eigenvalue weighted by atomic mass is 16.5. The minimum absolute atomic E-state index is 0.0325. The van der Waals surface area contributed by atoms with Crippen LogP contribution in [0.3, 0.4) is 0 Å². The SMILES string of the molecule is C=CCc1cc(C=C2C(=O)NC(=O)N(Cc3ccccc3)C2=O)cc(OC)c1O. The van der Waals surface area contributed by atoms with E-state index in [4.69, 9.17) is 4.74 Å². The molecule has 2 N–H and O–H groups in total. The van der Waals surface area contributed by atoms with E-state index >= 15 is 0 Å². The van der Waals surface area contributed by atoms with Gasteiger partial charge in [-0.05, 0) is 35.8 Å². The first-order valence-electron chi connectivity index (χ1n) is 8.88. The molecule has 1 aliphatic heterocycles. The average molecular weight is 392 g/mol. The maximum atomic E-state index is 12.9. The Morgan fingerprint density at radius 1 is 1.17 bits per heavy atom. The molecule has 4 amide bonds. The molecule has 1 aliphatic rings. The van der Waals surface area contributed by atoms with Gasteiger partial charge in [0, 0.05) is 5.56 Å². The fourth-order valence-electron chi connectivity index (χ4n) is 3.01. The lowest BCUT2D eigenvalue weighted by Gasteiger charge is -2.26. The fraction of sp³-hybridized carbons (Fsp3) is 0.136. The van der Waals surface area contributed by atoms with Gasteiger partial charge in [-0.2, -0.15) is 0 Å². The Bertz CT molecular complexity index is 1010. The van der Waals surface area contributed by atoms with E-state index in [-0.39, 0.29) is 23.6 Å². The number of phenolic OH excluding ortho intramolecular Hbond substituents is 1. The molecule has 7 heteroatoms. The highest BCUT2D eigenvalue weighted by molar-refractivity contribution is 6.30. The van der Waals surface area contributed by atoms with Crippen LogP contribution in [0.25, 0.3) is 6.08 Å². The van der Waals surface area contributed by atoms with Gasteiger partial charge in [0.15, 0.2) is 11.5 Å². The topological polar surface area (TPSA) is 95.9 Å². The van der Waals surface area contributed by atoms with E-state index in [1.165, 1.54) is 19.3 Å². The number of amides is 4. The predicted octanol–water partition coefficient (Wildman–Crippen LogP) is 2.79. The van der Waals surface area contributed by atoms with E-state index in [2.05, 4.69) is 11.9 Å². The first kappa shape index (κ1) is 19.9. The Kier molecular flexibility index (Phi) is 5.78. The summed E-state index contributed by atoms with van der Waals surface area (Å²) in [7, 11) is 1.41. The maximum Gasteiger partial charge on any atom is 0.331 e. The van der Waals surface area contributed by atoms with Gasteiger partial charge in [0.2, 0.25) is 0 Å². The molecule has 148 valence electrons. The predicted molar refractivity (Wildman–Crippen MR) is 107 cm³/mol. The number of nitrogens with one attached hydrogen (secondary N) is 1. The zero-order chi connectivity index (χ0) is 21.0. The Morgan fingerprint density at radius 3 is 2.55 bits per heavy atom. The molecular formula is C22H20N2O5. The second-order valence-electron chi connectivity index (χ2n) is 6.42. The lowest BCUT2D eigenvalue weighted by molar-refractivity contribution is -0.130. The molecule has 29 heavy (non-hydrogen) atoms. The molecule has 0 aromatic heterocycles. The van der Waals surface area contributed by atoms with Gasteiger partial charge in [0.25, 0.3) is 11.8 Å². The van der Waals surface area contributed by atoms with Crippen LogP contribution in [0.4, 0.5) is 4.79 Å². The zero-order valence-electron chi connectivity index (χ0n) is 15.8. The number of nitrogens with zero attached hydrogens (tertiary/aromatic N) is 1. The number of hydrogen-bond donors (Lipinski definition) is 2. The third-order valence-electron chi connectivity index (χ3n) is 4.44. The zero-order valence-corrected chi connectivity index (χ0v) is 15.8. The summed E-state index contributed by atoms with van der Waals surface area (Å²) in [5.41, 5.74) is 1.58. The summed E-state index contributed by atoms with van der Waals surface area (Å²) in [5.74, 6) is -1.30. The molecule has 2 aromatic rings. The molecule has 1 fully saturated rings. The highest BCUT2D eigenvalue weighted by Crippen LogP contribution is 2.33. The summed E-state index contributed by atoms with van der Waals surface area (Å²) in [5, 5.41) is 12.4. The van der Waals surface area contributed by atoms with Gasteiger partial charge in [-0.3, -0.25) is 19.8 Å². The number of hydrogen-bond acceptors (Lipinski definition) is 5. The lowest BCUT2D eigenvalue weighted by Crippen LogP contribution is -2.53. The van der Waals surface area contributed by atoms with Crippen LogP contribution in [0, 0.1) is 0 Å². The third kappa shape index (κ3) is 4.19. The van der Waals surface area contributed by atoms with Crippen molar-refractivity contribution in [2.75, 3.05) is 7.11 Å². The number of carbonyl (C=O) groups is 3. The number of allylic oxidation sites excluding steroid dienone is 1. The summed E-state index contributed by atoms with van der Waals surface area (Å²) < 4.78 is 5.17. The van der Waals surface area contributed by atoms with Crippen LogP contribution >= 0.6 is 0 Å². The van der Waals surface area contributed by atoms with Crippen LogP contribution in [0.5, 0.6) is 11.5 Å². The van der Waals surface area contributed by atoms with Gasteiger partial charge in [0.05, 0.1) is 13.7 Å². The van der Waals surface area contributed by atoms with Crippen molar-refractivity contribution in [3.05, 3.63) is 77.4 Å². The van der Waals surface area contributed by atoms with Crippen molar-refractivity contribution < 1.29 is 24.2 Å². The molecule has 0 aliphatic carbocycles. The Labute approximate surface area is 167 Å². The van der Waals surface area contributed by atoms with Crippen molar-refractivity contribution >= 4 is 23.9 Å². The Hall–Kier alpha value is -3.87. The fourth-order valence-corrected chi connectivity index (χ4v) is 3.01. The average Bonchev–Trinajstić information content (AvgIpc) is 2.71. The number of urea groups is 1. The lowest BCUT2D eigenvalue weighted by atomic mass is 10.0. The van der Waals surface area contributed by atoms with Crippen LogP contribution in [-0.4, -0.2) is 35.0 Å². The van der Waals surface area contributed by atoms with E-state index in [0.717, 1.165) is 10.5 Å². The second-order valence-corrected chi connectivity index (χ2v) is 6.42. The quantitative estimate of drug-likeness (QED) is 0.448.